The standard InChI is InChI=1S/C19H17FN6O4/c1-9(12-6-11(20)3-4-14(12)30-23)29-15-5-10(8-24-18(15)22)16-13(7-21)26(2)25-17(16)19(27)28/h3-6,8-9H,23H2,1-2H3,(H2,22,24)(H,27,28)/t9-/m1/s1. The molecule has 154 valence electrons. The largest absolute Gasteiger partial charge is 0.482 e. The second-order valence-electron chi connectivity index (χ2n) is 6.28. The van der Waals surface area contributed by atoms with Crippen LogP contribution in [0.25, 0.3) is 11.1 Å². The van der Waals surface area contributed by atoms with E-state index in [1.54, 1.807) is 6.92 Å². The van der Waals surface area contributed by atoms with E-state index in [1.165, 1.54) is 37.5 Å². The van der Waals surface area contributed by atoms with Gasteiger partial charge in [-0.25, -0.2) is 14.2 Å². The van der Waals surface area contributed by atoms with Crippen LogP contribution in [0.15, 0.2) is 30.5 Å². The van der Waals surface area contributed by atoms with Gasteiger partial charge in [-0.15, -0.1) is 0 Å². The maximum absolute atomic E-state index is 13.7. The molecule has 3 aromatic rings. The number of rotatable bonds is 6. The highest BCUT2D eigenvalue weighted by Gasteiger charge is 2.24. The molecule has 0 unspecified atom stereocenters. The van der Waals surface area contributed by atoms with Gasteiger partial charge in [-0.2, -0.15) is 16.3 Å². The molecule has 2 aromatic heterocycles. The molecule has 1 atom stereocenters. The smallest absolute Gasteiger partial charge is 0.357 e. The van der Waals surface area contributed by atoms with Gasteiger partial charge in [0.1, 0.15) is 23.7 Å². The lowest BCUT2D eigenvalue weighted by Gasteiger charge is -2.18. The highest BCUT2D eigenvalue weighted by molar-refractivity contribution is 5.95. The number of halogens is 1. The topological polar surface area (TPSA) is 162 Å². The Bertz CT molecular complexity index is 1170. The Morgan fingerprint density at radius 2 is 2.10 bits per heavy atom. The molecule has 2 heterocycles. The lowest BCUT2D eigenvalue weighted by Crippen LogP contribution is -2.11. The summed E-state index contributed by atoms with van der Waals surface area (Å²) in [4.78, 5) is 20.4. The van der Waals surface area contributed by atoms with Crippen LogP contribution < -0.4 is 21.2 Å². The second kappa shape index (κ2) is 8.06. The summed E-state index contributed by atoms with van der Waals surface area (Å²) in [6.07, 6.45) is 0.565. The zero-order chi connectivity index (χ0) is 22.0. The number of aromatic carboxylic acids is 1. The molecular formula is C19H17FN6O4. The SMILES string of the molecule is C[C@@H](Oc1cc(-c2c(C(=O)O)nn(C)c2C#N)cnc1N)c1cc(F)ccc1ON. The van der Waals surface area contributed by atoms with E-state index < -0.39 is 17.9 Å². The molecule has 0 saturated carbocycles. The maximum Gasteiger partial charge on any atom is 0.357 e. The number of carbonyl (C=O) groups is 1. The zero-order valence-corrected chi connectivity index (χ0v) is 16.0. The van der Waals surface area contributed by atoms with Gasteiger partial charge in [0.25, 0.3) is 0 Å². The molecule has 11 heteroatoms. The van der Waals surface area contributed by atoms with Crippen LogP contribution in [0.4, 0.5) is 10.2 Å². The van der Waals surface area contributed by atoms with Crippen LogP contribution in [0.1, 0.15) is 34.8 Å². The van der Waals surface area contributed by atoms with Gasteiger partial charge in [-0.3, -0.25) is 4.68 Å². The predicted molar refractivity (Wildman–Crippen MR) is 103 cm³/mol. The van der Waals surface area contributed by atoms with Crippen LogP contribution in [0.3, 0.4) is 0 Å². The average Bonchev–Trinajstić information content (AvgIpc) is 3.06. The Morgan fingerprint density at radius 1 is 1.37 bits per heavy atom. The summed E-state index contributed by atoms with van der Waals surface area (Å²) >= 11 is 0. The fourth-order valence-corrected chi connectivity index (χ4v) is 2.96. The first-order valence-electron chi connectivity index (χ1n) is 8.55. The van der Waals surface area contributed by atoms with Crippen LogP contribution in [0.2, 0.25) is 0 Å². The zero-order valence-electron chi connectivity index (χ0n) is 16.0. The Hall–Kier alpha value is -4.17. The van der Waals surface area contributed by atoms with Crippen molar-refractivity contribution in [2.24, 2.45) is 12.9 Å². The normalized spacial score (nSPS) is 11.6. The Kier molecular flexibility index (Phi) is 5.52. The van der Waals surface area contributed by atoms with Gasteiger partial charge >= 0.3 is 5.97 Å². The molecule has 0 radical (unpaired) electrons. The van der Waals surface area contributed by atoms with Crippen molar-refractivity contribution in [3.8, 4) is 28.7 Å². The minimum absolute atomic E-state index is 0.0106. The lowest BCUT2D eigenvalue weighted by atomic mass is 10.0. The van der Waals surface area contributed by atoms with E-state index >= 15 is 0 Å². The first-order chi connectivity index (χ1) is 14.3. The number of aryl methyl sites for hydroxylation is 1. The summed E-state index contributed by atoms with van der Waals surface area (Å²) in [6.45, 7) is 1.62. The van der Waals surface area contributed by atoms with Gasteiger partial charge in [-0.05, 0) is 31.2 Å². The van der Waals surface area contributed by atoms with E-state index in [-0.39, 0.29) is 39.8 Å². The Morgan fingerprint density at radius 3 is 2.73 bits per heavy atom. The maximum atomic E-state index is 13.7. The first kappa shape index (κ1) is 20.6. The second-order valence-corrected chi connectivity index (χ2v) is 6.28. The number of nitrogens with zero attached hydrogens (tertiary/aromatic N) is 4. The minimum Gasteiger partial charge on any atom is -0.482 e. The molecule has 0 aliphatic rings. The van der Waals surface area contributed by atoms with E-state index in [4.69, 9.17) is 21.2 Å². The highest BCUT2D eigenvalue weighted by Crippen LogP contribution is 2.35. The molecule has 3 rings (SSSR count). The number of nitriles is 1. The summed E-state index contributed by atoms with van der Waals surface area (Å²) < 4.78 is 20.7. The molecule has 5 N–H and O–H groups in total. The van der Waals surface area contributed by atoms with E-state index in [0.717, 1.165) is 4.68 Å². The molecule has 0 bridgehead atoms. The number of benzene rings is 1. The number of carboxylic acid groups (broad SMARTS) is 1. The van der Waals surface area contributed by atoms with E-state index in [9.17, 15) is 19.6 Å². The molecule has 1 aromatic carbocycles. The van der Waals surface area contributed by atoms with Crippen LogP contribution in [0, 0.1) is 17.1 Å². The number of anilines is 1. The Labute approximate surface area is 170 Å². The van der Waals surface area contributed by atoms with Crippen molar-refractivity contribution in [1.82, 2.24) is 14.8 Å². The van der Waals surface area contributed by atoms with Gasteiger partial charge in [-0.1, -0.05) is 0 Å². The molecule has 0 aliphatic carbocycles. The average molecular weight is 412 g/mol. The predicted octanol–water partition coefficient (Wildman–Crippen LogP) is 2.17. The summed E-state index contributed by atoms with van der Waals surface area (Å²) in [7, 11) is 1.46. The minimum atomic E-state index is -1.31. The van der Waals surface area contributed by atoms with Crippen molar-refractivity contribution in [2.45, 2.75) is 13.0 Å². The van der Waals surface area contributed by atoms with Gasteiger partial charge < -0.3 is 20.4 Å². The van der Waals surface area contributed by atoms with Crippen LogP contribution in [-0.2, 0) is 7.05 Å². The summed E-state index contributed by atoms with van der Waals surface area (Å²) in [5.41, 5.74) is 6.28. The quantitative estimate of drug-likeness (QED) is 0.515. The molecular weight excluding hydrogens is 395 g/mol. The van der Waals surface area contributed by atoms with Crippen molar-refractivity contribution in [1.29, 1.82) is 5.26 Å². The number of hydrogen-bond donors (Lipinski definition) is 3. The number of carboxylic acids is 1. The van der Waals surface area contributed by atoms with Crippen LogP contribution >= 0.6 is 0 Å². The van der Waals surface area contributed by atoms with Crippen molar-refractivity contribution >= 4 is 11.8 Å². The van der Waals surface area contributed by atoms with Crippen LogP contribution in [0.5, 0.6) is 11.5 Å². The van der Waals surface area contributed by atoms with E-state index in [2.05, 4.69) is 10.1 Å². The number of aromatic nitrogens is 3. The fourth-order valence-electron chi connectivity index (χ4n) is 2.96. The summed E-state index contributed by atoms with van der Waals surface area (Å²) in [5.74, 6) is 3.72. The van der Waals surface area contributed by atoms with Gasteiger partial charge in [0, 0.05) is 24.4 Å². The number of ether oxygens (including phenoxy) is 1. The van der Waals surface area contributed by atoms with Gasteiger partial charge in [0.2, 0.25) is 0 Å². The third-order valence-electron chi connectivity index (χ3n) is 4.37. The lowest BCUT2D eigenvalue weighted by molar-refractivity contribution is 0.0690. The number of hydrogen-bond acceptors (Lipinski definition) is 8. The number of nitrogens with two attached hydrogens (primary N) is 2. The van der Waals surface area contributed by atoms with E-state index in [1.807, 2.05) is 6.07 Å². The molecule has 0 saturated heterocycles. The first-order valence-corrected chi connectivity index (χ1v) is 8.55. The third-order valence-corrected chi connectivity index (χ3v) is 4.37. The van der Waals surface area contributed by atoms with Crippen molar-refractivity contribution in [3.63, 3.8) is 0 Å². The molecule has 0 amide bonds. The Balaban J connectivity index is 2.05. The van der Waals surface area contributed by atoms with E-state index in [0.29, 0.717) is 5.56 Å². The number of pyridine rings is 1. The third kappa shape index (κ3) is 3.71. The molecule has 0 aliphatic heterocycles. The monoisotopic (exact) mass is 412 g/mol. The van der Waals surface area contributed by atoms with Crippen molar-refractivity contribution < 1.29 is 23.9 Å². The molecule has 30 heavy (non-hydrogen) atoms. The van der Waals surface area contributed by atoms with Crippen molar-refractivity contribution in [2.75, 3.05) is 5.73 Å². The van der Waals surface area contributed by atoms with Crippen LogP contribution in [-0.4, -0.2) is 25.8 Å². The highest BCUT2D eigenvalue weighted by atomic mass is 19.1. The van der Waals surface area contributed by atoms with Gasteiger partial charge in [0.05, 0.1) is 5.56 Å². The molecule has 0 spiro atoms. The molecule has 10 nitrogen and oxygen atoms in total. The molecule has 0 fully saturated rings. The van der Waals surface area contributed by atoms with Crippen molar-refractivity contribution in [3.05, 3.63) is 53.2 Å². The fraction of sp³-hybridized carbons (Fsp3) is 0.158. The van der Waals surface area contributed by atoms with Gasteiger partial charge in [0.15, 0.2) is 23.0 Å². The number of nitrogen functional groups attached to an aromatic ring is 1. The summed E-state index contributed by atoms with van der Waals surface area (Å²) in [5, 5.41) is 22.7. The summed E-state index contributed by atoms with van der Waals surface area (Å²) in [6, 6.07) is 7.11.